The summed E-state index contributed by atoms with van der Waals surface area (Å²) in [4.78, 5) is 5.96. The maximum atomic E-state index is 5.39. The molecule has 0 unspecified atom stereocenters. The molecule has 1 aliphatic heterocycles. The molecule has 0 aliphatic carbocycles. The van der Waals surface area contributed by atoms with Gasteiger partial charge in [-0.05, 0) is 31.5 Å². The molecule has 1 saturated heterocycles. The lowest BCUT2D eigenvalue weighted by Crippen LogP contribution is -2.36. The molecule has 1 N–H and O–H groups in total. The number of benzene rings is 1. The van der Waals surface area contributed by atoms with Crippen molar-refractivity contribution in [2.45, 2.75) is 12.8 Å². The average molecular weight is 274 g/mol. The van der Waals surface area contributed by atoms with Crippen LogP contribution in [-0.4, -0.2) is 49.8 Å². The predicted molar refractivity (Wildman–Crippen MR) is 80.4 cm³/mol. The fourth-order valence-corrected chi connectivity index (χ4v) is 2.81. The first-order chi connectivity index (χ1) is 9.86. The van der Waals surface area contributed by atoms with E-state index in [0.717, 1.165) is 50.5 Å². The van der Waals surface area contributed by atoms with Crippen molar-refractivity contribution in [2.75, 3.05) is 40.0 Å². The van der Waals surface area contributed by atoms with E-state index in [-0.39, 0.29) is 0 Å². The second-order valence-corrected chi connectivity index (χ2v) is 5.28. The van der Waals surface area contributed by atoms with Gasteiger partial charge in [-0.1, -0.05) is 12.1 Å². The number of aromatic amines is 1. The number of para-hydroxylation sites is 1. The number of rotatable bonds is 5. The monoisotopic (exact) mass is 274 g/mol. The van der Waals surface area contributed by atoms with Crippen LogP contribution in [0.3, 0.4) is 0 Å². The van der Waals surface area contributed by atoms with Crippen LogP contribution in [0.4, 0.5) is 0 Å². The zero-order valence-electron chi connectivity index (χ0n) is 12.0. The third-order valence-corrected chi connectivity index (χ3v) is 3.92. The molecule has 3 rings (SSSR count). The molecule has 1 aromatic carbocycles. The van der Waals surface area contributed by atoms with Crippen molar-refractivity contribution >= 4 is 10.9 Å². The van der Waals surface area contributed by atoms with E-state index in [0.29, 0.717) is 0 Å². The van der Waals surface area contributed by atoms with E-state index in [1.54, 1.807) is 7.11 Å². The molecule has 4 heteroatoms. The molecule has 1 aliphatic rings. The van der Waals surface area contributed by atoms with Crippen LogP contribution >= 0.6 is 0 Å². The van der Waals surface area contributed by atoms with Crippen LogP contribution in [0, 0.1) is 0 Å². The number of aromatic nitrogens is 1. The number of nitrogens with zero attached hydrogens (tertiary/aromatic N) is 1. The summed E-state index contributed by atoms with van der Waals surface area (Å²) in [6.45, 7) is 5.05. The molecule has 1 aromatic heterocycles. The first-order valence-corrected chi connectivity index (χ1v) is 7.31. The van der Waals surface area contributed by atoms with Gasteiger partial charge in [-0.3, -0.25) is 4.90 Å². The van der Waals surface area contributed by atoms with Gasteiger partial charge in [0.1, 0.15) is 5.75 Å². The normalized spacial score (nSPS) is 16.6. The Hall–Kier alpha value is -1.52. The highest BCUT2D eigenvalue weighted by atomic mass is 16.5. The second kappa shape index (κ2) is 6.29. The smallest absolute Gasteiger partial charge is 0.142 e. The van der Waals surface area contributed by atoms with E-state index >= 15 is 0 Å². The molecule has 0 atom stereocenters. The number of hydrogen-bond acceptors (Lipinski definition) is 3. The number of fused-ring (bicyclic) bond motifs is 1. The molecular formula is C16H22N2O2. The van der Waals surface area contributed by atoms with Crippen molar-refractivity contribution in [2.24, 2.45) is 0 Å². The Morgan fingerprint density at radius 2 is 2.15 bits per heavy atom. The van der Waals surface area contributed by atoms with Crippen LogP contribution in [-0.2, 0) is 11.2 Å². The van der Waals surface area contributed by atoms with Crippen LogP contribution in [0.5, 0.6) is 5.75 Å². The van der Waals surface area contributed by atoms with E-state index in [4.69, 9.17) is 9.47 Å². The van der Waals surface area contributed by atoms with Gasteiger partial charge in [-0.2, -0.15) is 0 Å². The number of H-pyrrole nitrogens is 1. The van der Waals surface area contributed by atoms with Gasteiger partial charge >= 0.3 is 0 Å². The molecule has 0 spiro atoms. The van der Waals surface area contributed by atoms with Gasteiger partial charge in [0.05, 0.1) is 25.8 Å². The summed E-state index contributed by atoms with van der Waals surface area (Å²) in [7, 11) is 1.72. The topological polar surface area (TPSA) is 37.5 Å². The second-order valence-electron chi connectivity index (χ2n) is 5.28. The van der Waals surface area contributed by atoms with Crippen molar-refractivity contribution in [3.05, 3.63) is 30.0 Å². The van der Waals surface area contributed by atoms with E-state index in [2.05, 4.69) is 22.0 Å². The third-order valence-electron chi connectivity index (χ3n) is 3.92. The summed E-state index contributed by atoms with van der Waals surface area (Å²) in [5, 5.41) is 1.23. The molecule has 2 aromatic rings. The Morgan fingerprint density at radius 1 is 1.30 bits per heavy atom. The van der Waals surface area contributed by atoms with E-state index in [1.165, 1.54) is 17.5 Å². The molecule has 108 valence electrons. The summed E-state index contributed by atoms with van der Waals surface area (Å²) in [6.07, 6.45) is 2.25. The minimum atomic E-state index is 0.879. The highest BCUT2D eigenvalue weighted by Gasteiger charge is 2.10. The van der Waals surface area contributed by atoms with Crippen LogP contribution in [0.1, 0.15) is 12.1 Å². The summed E-state index contributed by atoms with van der Waals surface area (Å²) in [6, 6.07) is 8.39. The van der Waals surface area contributed by atoms with Crippen LogP contribution in [0.15, 0.2) is 24.3 Å². The number of ether oxygens (including phenoxy) is 2. The van der Waals surface area contributed by atoms with Crippen molar-refractivity contribution < 1.29 is 9.47 Å². The van der Waals surface area contributed by atoms with Gasteiger partial charge in [-0.15, -0.1) is 0 Å². The van der Waals surface area contributed by atoms with Gasteiger partial charge in [-0.25, -0.2) is 0 Å². The Kier molecular flexibility index (Phi) is 4.23. The Morgan fingerprint density at radius 3 is 2.95 bits per heavy atom. The molecule has 0 bridgehead atoms. The summed E-state index contributed by atoms with van der Waals surface area (Å²) >= 11 is 0. The van der Waals surface area contributed by atoms with Crippen molar-refractivity contribution in [1.82, 2.24) is 9.88 Å². The highest BCUT2D eigenvalue weighted by molar-refractivity contribution is 5.86. The maximum Gasteiger partial charge on any atom is 0.142 e. The average Bonchev–Trinajstić information content (AvgIpc) is 2.91. The Balaban J connectivity index is 1.60. The lowest BCUT2D eigenvalue weighted by molar-refractivity contribution is 0.0374. The lowest BCUT2D eigenvalue weighted by Gasteiger charge is -2.26. The van der Waals surface area contributed by atoms with Crippen LogP contribution < -0.4 is 4.74 Å². The number of methoxy groups -OCH3 is 1. The molecule has 1 fully saturated rings. The molecule has 20 heavy (non-hydrogen) atoms. The molecule has 2 heterocycles. The van der Waals surface area contributed by atoms with Gasteiger partial charge < -0.3 is 14.5 Å². The standard InChI is InChI=1S/C16H22N2O2/c1-19-15-6-2-4-13-12-14(17-16(13)15)5-3-7-18-8-10-20-11-9-18/h2,4,6,12,17H,3,5,7-11H2,1H3. The van der Waals surface area contributed by atoms with Crippen molar-refractivity contribution in [1.29, 1.82) is 0 Å². The van der Waals surface area contributed by atoms with Gasteiger partial charge in [0.25, 0.3) is 0 Å². The number of aryl methyl sites for hydroxylation is 1. The number of hydrogen-bond donors (Lipinski definition) is 1. The summed E-state index contributed by atoms with van der Waals surface area (Å²) < 4.78 is 10.8. The third kappa shape index (κ3) is 2.97. The quantitative estimate of drug-likeness (QED) is 0.910. The molecule has 0 radical (unpaired) electrons. The fourth-order valence-electron chi connectivity index (χ4n) is 2.81. The molecular weight excluding hydrogens is 252 g/mol. The lowest BCUT2D eigenvalue weighted by atomic mass is 10.2. The Labute approximate surface area is 119 Å². The molecule has 0 amide bonds. The minimum Gasteiger partial charge on any atom is -0.495 e. The zero-order chi connectivity index (χ0) is 13.8. The number of morpholine rings is 1. The summed E-state index contributed by atoms with van der Waals surface area (Å²) in [5.74, 6) is 0.918. The van der Waals surface area contributed by atoms with Crippen LogP contribution in [0.25, 0.3) is 10.9 Å². The van der Waals surface area contributed by atoms with Gasteiger partial charge in [0.15, 0.2) is 0 Å². The van der Waals surface area contributed by atoms with Gasteiger partial charge in [0, 0.05) is 24.2 Å². The van der Waals surface area contributed by atoms with Crippen molar-refractivity contribution in [3.8, 4) is 5.75 Å². The highest BCUT2D eigenvalue weighted by Crippen LogP contribution is 2.25. The van der Waals surface area contributed by atoms with Gasteiger partial charge in [0.2, 0.25) is 0 Å². The summed E-state index contributed by atoms with van der Waals surface area (Å²) in [5.41, 5.74) is 2.40. The number of nitrogens with one attached hydrogen (secondary N) is 1. The largest absolute Gasteiger partial charge is 0.495 e. The SMILES string of the molecule is COc1cccc2cc(CCCN3CCOCC3)[nH]c12. The minimum absolute atomic E-state index is 0.879. The first kappa shape index (κ1) is 13.5. The predicted octanol–water partition coefficient (Wildman–Crippen LogP) is 2.44. The maximum absolute atomic E-state index is 5.39. The Bertz CT molecular complexity index is 559. The molecule has 4 nitrogen and oxygen atoms in total. The van der Waals surface area contributed by atoms with E-state index in [9.17, 15) is 0 Å². The van der Waals surface area contributed by atoms with E-state index in [1.807, 2.05) is 12.1 Å². The fraction of sp³-hybridized carbons (Fsp3) is 0.500. The van der Waals surface area contributed by atoms with Crippen LogP contribution in [0.2, 0.25) is 0 Å². The zero-order valence-corrected chi connectivity index (χ0v) is 12.0. The van der Waals surface area contributed by atoms with Crippen molar-refractivity contribution in [3.63, 3.8) is 0 Å². The molecule has 0 saturated carbocycles. The van der Waals surface area contributed by atoms with E-state index < -0.39 is 0 Å². The first-order valence-electron chi connectivity index (χ1n) is 7.31.